The van der Waals surface area contributed by atoms with Crippen molar-refractivity contribution in [3.8, 4) is 17.1 Å². The third-order valence-electron chi connectivity index (χ3n) is 6.04. The van der Waals surface area contributed by atoms with E-state index in [9.17, 15) is 9.18 Å². The van der Waals surface area contributed by atoms with E-state index in [1.165, 1.54) is 6.07 Å². The standard InChI is InChI=1S/C25H22Cl2FN5O/c1-30-10-4-7-23(30)21-16-24(33(29-21)17-8-9-18(26)19(27)15-17)25(34)32-13-11-31(12-14-32)22-6-3-2-5-20(22)28/h2-10,15-16H,11-14H2,1H3. The van der Waals surface area contributed by atoms with Gasteiger partial charge in [-0.3, -0.25) is 4.79 Å². The Morgan fingerprint density at radius 3 is 2.38 bits per heavy atom. The van der Waals surface area contributed by atoms with Crippen LogP contribution in [-0.4, -0.2) is 51.3 Å². The molecular formula is C25H22Cl2FN5O. The number of hydrogen-bond donors (Lipinski definition) is 0. The quantitative estimate of drug-likeness (QED) is 0.385. The molecule has 1 aliphatic heterocycles. The van der Waals surface area contributed by atoms with Gasteiger partial charge in [-0.15, -0.1) is 0 Å². The number of benzene rings is 2. The van der Waals surface area contributed by atoms with Crippen LogP contribution in [0.15, 0.2) is 66.9 Å². The normalized spacial score (nSPS) is 14.0. The fourth-order valence-electron chi connectivity index (χ4n) is 4.22. The first-order chi connectivity index (χ1) is 16.4. The molecule has 0 N–H and O–H groups in total. The molecule has 4 aromatic rings. The average molecular weight is 498 g/mol. The Labute approximate surface area is 206 Å². The van der Waals surface area contributed by atoms with Gasteiger partial charge in [-0.25, -0.2) is 9.07 Å². The Kier molecular flexibility index (Phi) is 6.06. The van der Waals surface area contributed by atoms with Crippen LogP contribution in [0.4, 0.5) is 10.1 Å². The zero-order chi connectivity index (χ0) is 23.8. The van der Waals surface area contributed by atoms with Crippen molar-refractivity contribution in [1.29, 1.82) is 0 Å². The summed E-state index contributed by atoms with van der Waals surface area (Å²) in [5.41, 5.74) is 3.18. The Hall–Kier alpha value is -3.29. The van der Waals surface area contributed by atoms with Gasteiger partial charge in [0.1, 0.15) is 17.2 Å². The van der Waals surface area contributed by atoms with Gasteiger partial charge in [-0.05, 0) is 48.5 Å². The van der Waals surface area contributed by atoms with Crippen molar-refractivity contribution in [2.75, 3.05) is 31.1 Å². The van der Waals surface area contributed by atoms with Gasteiger partial charge in [0.15, 0.2) is 0 Å². The highest BCUT2D eigenvalue weighted by Gasteiger charge is 2.27. The number of piperazine rings is 1. The van der Waals surface area contributed by atoms with Gasteiger partial charge in [0.05, 0.1) is 27.1 Å². The van der Waals surface area contributed by atoms with Crippen LogP contribution in [0.3, 0.4) is 0 Å². The minimum absolute atomic E-state index is 0.146. The molecular weight excluding hydrogens is 476 g/mol. The van der Waals surface area contributed by atoms with Crippen LogP contribution >= 0.6 is 23.2 Å². The molecule has 0 radical (unpaired) electrons. The number of aromatic nitrogens is 3. The summed E-state index contributed by atoms with van der Waals surface area (Å²) in [5, 5.41) is 5.54. The number of carbonyl (C=O) groups is 1. The summed E-state index contributed by atoms with van der Waals surface area (Å²) < 4.78 is 17.8. The first-order valence-electron chi connectivity index (χ1n) is 10.9. The molecule has 1 aliphatic rings. The first-order valence-corrected chi connectivity index (χ1v) is 11.6. The molecule has 0 atom stereocenters. The van der Waals surface area contributed by atoms with Crippen molar-refractivity contribution in [2.45, 2.75) is 0 Å². The molecule has 3 heterocycles. The van der Waals surface area contributed by atoms with Crippen molar-refractivity contribution < 1.29 is 9.18 Å². The SMILES string of the molecule is Cn1cccc1-c1cc(C(=O)N2CCN(c3ccccc3F)CC2)n(-c2ccc(Cl)c(Cl)c2)n1. The predicted molar refractivity (Wildman–Crippen MR) is 133 cm³/mol. The van der Waals surface area contributed by atoms with E-state index in [0.717, 1.165) is 5.69 Å². The summed E-state index contributed by atoms with van der Waals surface area (Å²) in [6.07, 6.45) is 1.93. The number of halogens is 3. The van der Waals surface area contributed by atoms with Gasteiger partial charge in [-0.1, -0.05) is 35.3 Å². The van der Waals surface area contributed by atoms with E-state index in [0.29, 0.717) is 59.0 Å². The van der Waals surface area contributed by atoms with Gasteiger partial charge in [-0.2, -0.15) is 5.10 Å². The lowest BCUT2D eigenvalue weighted by atomic mass is 10.2. The fourth-order valence-corrected chi connectivity index (χ4v) is 4.51. The summed E-state index contributed by atoms with van der Waals surface area (Å²) in [7, 11) is 1.93. The highest BCUT2D eigenvalue weighted by atomic mass is 35.5. The molecule has 0 spiro atoms. The minimum Gasteiger partial charge on any atom is -0.366 e. The maximum atomic E-state index is 14.2. The van der Waals surface area contributed by atoms with Gasteiger partial charge >= 0.3 is 0 Å². The smallest absolute Gasteiger partial charge is 0.272 e. The maximum Gasteiger partial charge on any atom is 0.272 e. The molecule has 2 aromatic carbocycles. The van der Waals surface area contributed by atoms with E-state index in [1.807, 2.05) is 40.9 Å². The zero-order valence-electron chi connectivity index (χ0n) is 18.5. The predicted octanol–water partition coefficient (Wildman–Crippen LogP) is 5.29. The summed E-state index contributed by atoms with van der Waals surface area (Å²) in [6, 6.07) is 17.5. The van der Waals surface area contributed by atoms with E-state index in [2.05, 4.69) is 0 Å². The van der Waals surface area contributed by atoms with Crippen LogP contribution in [-0.2, 0) is 7.05 Å². The van der Waals surface area contributed by atoms with Crippen LogP contribution in [0.5, 0.6) is 0 Å². The number of aryl methyl sites for hydroxylation is 1. The fraction of sp³-hybridized carbons (Fsp3) is 0.200. The number of carbonyl (C=O) groups excluding carboxylic acids is 1. The Morgan fingerprint density at radius 2 is 1.71 bits per heavy atom. The van der Waals surface area contributed by atoms with E-state index in [1.54, 1.807) is 46.0 Å². The summed E-state index contributed by atoms with van der Waals surface area (Å²) in [6.45, 7) is 2.02. The number of amides is 1. The second kappa shape index (κ2) is 9.16. The lowest BCUT2D eigenvalue weighted by molar-refractivity contribution is 0.0737. The summed E-state index contributed by atoms with van der Waals surface area (Å²) >= 11 is 12.4. The second-order valence-corrected chi connectivity index (χ2v) is 8.97. The highest BCUT2D eigenvalue weighted by Crippen LogP contribution is 2.28. The average Bonchev–Trinajstić information content (AvgIpc) is 3.47. The first kappa shape index (κ1) is 22.5. The Morgan fingerprint density at radius 1 is 0.941 bits per heavy atom. The molecule has 5 rings (SSSR count). The Balaban J connectivity index is 1.46. The molecule has 0 unspecified atom stereocenters. The van der Waals surface area contributed by atoms with Crippen molar-refractivity contribution in [1.82, 2.24) is 19.2 Å². The van der Waals surface area contributed by atoms with E-state index < -0.39 is 0 Å². The van der Waals surface area contributed by atoms with Gasteiger partial charge in [0.25, 0.3) is 5.91 Å². The lowest BCUT2D eigenvalue weighted by Gasteiger charge is -2.36. The Bertz CT molecular complexity index is 1360. The maximum absolute atomic E-state index is 14.2. The van der Waals surface area contributed by atoms with Gasteiger partial charge in [0, 0.05) is 39.4 Å². The lowest BCUT2D eigenvalue weighted by Crippen LogP contribution is -2.49. The second-order valence-electron chi connectivity index (χ2n) is 8.16. The van der Waals surface area contributed by atoms with Gasteiger partial charge < -0.3 is 14.4 Å². The van der Waals surface area contributed by atoms with Crippen LogP contribution in [0.2, 0.25) is 10.0 Å². The van der Waals surface area contributed by atoms with Crippen molar-refractivity contribution in [2.24, 2.45) is 7.05 Å². The molecule has 9 heteroatoms. The topological polar surface area (TPSA) is 46.3 Å². The molecule has 34 heavy (non-hydrogen) atoms. The molecule has 2 aromatic heterocycles. The summed E-state index contributed by atoms with van der Waals surface area (Å²) in [5.74, 6) is -0.403. The monoisotopic (exact) mass is 497 g/mol. The zero-order valence-corrected chi connectivity index (χ0v) is 20.0. The van der Waals surface area contributed by atoms with Gasteiger partial charge in [0.2, 0.25) is 0 Å². The van der Waals surface area contributed by atoms with Crippen LogP contribution in [0, 0.1) is 5.82 Å². The number of anilines is 1. The molecule has 1 amide bonds. The number of para-hydroxylation sites is 1. The highest BCUT2D eigenvalue weighted by molar-refractivity contribution is 6.42. The van der Waals surface area contributed by atoms with E-state index in [4.69, 9.17) is 28.3 Å². The third kappa shape index (κ3) is 4.17. The van der Waals surface area contributed by atoms with Crippen molar-refractivity contribution >= 4 is 34.8 Å². The number of rotatable bonds is 4. The van der Waals surface area contributed by atoms with Crippen molar-refractivity contribution in [3.05, 3.63) is 88.4 Å². The van der Waals surface area contributed by atoms with Crippen LogP contribution in [0.25, 0.3) is 17.1 Å². The molecule has 1 fully saturated rings. The summed E-state index contributed by atoms with van der Waals surface area (Å²) in [4.78, 5) is 17.4. The largest absolute Gasteiger partial charge is 0.366 e. The molecule has 6 nitrogen and oxygen atoms in total. The molecule has 1 saturated heterocycles. The number of hydrogen-bond acceptors (Lipinski definition) is 3. The third-order valence-corrected chi connectivity index (χ3v) is 6.78. The van der Waals surface area contributed by atoms with Crippen LogP contribution < -0.4 is 4.90 Å². The molecule has 0 saturated carbocycles. The van der Waals surface area contributed by atoms with E-state index >= 15 is 0 Å². The van der Waals surface area contributed by atoms with E-state index in [-0.39, 0.29) is 11.7 Å². The molecule has 0 aliphatic carbocycles. The minimum atomic E-state index is -0.257. The molecule has 0 bridgehead atoms. The number of nitrogens with zero attached hydrogens (tertiary/aromatic N) is 5. The van der Waals surface area contributed by atoms with Crippen LogP contribution in [0.1, 0.15) is 10.5 Å². The van der Waals surface area contributed by atoms with Crippen molar-refractivity contribution in [3.63, 3.8) is 0 Å². The molecule has 174 valence electrons.